The molecule has 0 unspecified atom stereocenters. The summed E-state index contributed by atoms with van der Waals surface area (Å²) in [6.07, 6.45) is 1.74. The molecule has 0 N–H and O–H groups in total. The molecule has 1 fully saturated rings. The lowest BCUT2D eigenvalue weighted by atomic mass is 9.96. The van der Waals surface area contributed by atoms with Crippen LogP contribution in [0.15, 0.2) is 89.8 Å². The monoisotopic (exact) mass is 517 g/mol. The first-order chi connectivity index (χ1) is 18.0. The molecule has 0 spiro atoms. The van der Waals surface area contributed by atoms with Crippen molar-refractivity contribution >= 4 is 26.8 Å². The summed E-state index contributed by atoms with van der Waals surface area (Å²) in [7, 11) is -3.46. The molecule has 192 valence electrons. The van der Waals surface area contributed by atoms with Crippen molar-refractivity contribution in [2.45, 2.75) is 37.3 Å². The van der Waals surface area contributed by atoms with Crippen molar-refractivity contribution in [2.24, 2.45) is 5.92 Å². The van der Waals surface area contributed by atoms with E-state index in [1.807, 2.05) is 53.4 Å². The molecule has 0 saturated carbocycles. The van der Waals surface area contributed by atoms with E-state index in [9.17, 15) is 13.2 Å². The second-order valence-electron chi connectivity index (χ2n) is 9.44. The van der Waals surface area contributed by atoms with Gasteiger partial charge < -0.3 is 14.2 Å². The Labute approximate surface area is 217 Å². The highest BCUT2D eigenvalue weighted by Crippen LogP contribution is 2.25. The van der Waals surface area contributed by atoms with Gasteiger partial charge in [0.1, 0.15) is 18.2 Å². The zero-order valence-corrected chi connectivity index (χ0v) is 21.5. The second-order valence-corrected chi connectivity index (χ2v) is 11.5. The van der Waals surface area contributed by atoms with Gasteiger partial charge in [-0.3, -0.25) is 4.79 Å². The molecule has 0 aliphatic carbocycles. The van der Waals surface area contributed by atoms with E-state index < -0.39 is 9.84 Å². The predicted octanol–water partition coefficient (Wildman–Crippen LogP) is 4.72. The first kappa shape index (κ1) is 25.0. The van der Waals surface area contributed by atoms with E-state index in [1.54, 1.807) is 30.3 Å². The molecule has 7 nitrogen and oxygen atoms in total. The van der Waals surface area contributed by atoms with Gasteiger partial charge in [-0.25, -0.2) is 13.4 Å². The van der Waals surface area contributed by atoms with Crippen LogP contribution in [0.4, 0.5) is 0 Å². The quantitative estimate of drug-likeness (QED) is 0.321. The van der Waals surface area contributed by atoms with Gasteiger partial charge in [-0.05, 0) is 55.2 Å². The van der Waals surface area contributed by atoms with Crippen LogP contribution in [-0.2, 0) is 27.8 Å². The Hall–Kier alpha value is -3.65. The van der Waals surface area contributed by atoms with Crippen molar-refractivity contribution in [2.75, 3.05) is 18.8 Å². The number of amides is 1. The smallest absolute Gasteiger partial charge is 0.223 e. The highest BCUT2D eigenvalue weighted by atomic mass is 32.2. The van der Waals surface area contributed by atoms with Crippen molar-refractivity contribution in [3.05, 3.63) is 90.8 Å². The Kier molecular flexibility index (Phi) is 7.55. The van der Waals surface area contributed by atoms with Crippen LogP contribution in [0.5, 0.6) is 5.75 Å². The third kappa shape index (κ3) is 6.02. The summed E-state index contributed by atoms with van der Waals surface area (Å²) in [5, 5.41) is 0. The molecule has 0 bridgehead atoms. The maximum absolute atomic E-state index is 12.8. The van der Waals surface area contributed by atoms with E-state index in [2.05, 4.69) is 10.6 Å². The zero-order chi connectivity index (χ0) is 25.7. The second kappa shape index (κ2) is 11.2. The summed E-state index contributed by atoms with van der Waals surface area (Å²) in [5.74, 6) is 1.83. The van der Waals surface area contributed by atoms with Crippen LogP contribution in [0.3, 0.4) is 0 Å². The lowest BCUT2D eigenvalue weighted by Gasteiger charge is -2.32. The predicted molar refractivity (Wildman–Crippen MR) is 143 cm³/mol. The number of carbonyl (C=O) groups is 1. The third-order valence-corrected chi connectivity index (χ3v) is 8.67. The Morgan fingerprint density at radius 1 is 0.892 bits per heavy atom. The number of hydrogen-bond acceptors (Lipinski definition) is 5. The zero-order valence-electron chi connectivity index (χ0n) is 20.7. The molecule has 4 aromatic rings. The van der Waals surface area contributed by atoms with Crippen molar-refractivity contribution in [3.63, 3.8) is 0 Å². The van der Waals surface area contributed by atoms with E-state index in [1.165, 1.54) is 0 Å². The molecular formula is C29H31N3O4S. The van der Waals surface area contributed by atoms with E-state index in [0.717, 1.165) is 42.0 Å². The largest absolute Gasteiger partial charge is 0.486 e. The SMILES string of the molecule is O=C(CCS(=O)(=O)c1ccccc1)N1CCC(Cn2c(COc3ccccc3)nc3ccccc32)CC1. The molecule has 1 amide bonds. The summed E-state index contributed by atoms with van der Waals surface area (Å²) in [5.41, 5.74) is 2.03. The summed E-state index contributed by atoms with van der Waals surface area (Å²) in [4.78, 5) is 19.7. The molecule has 1 aliphatic rings. The molecule has 1 aromatic heterocycles. The van der Waals surface area contributed by atoms with Crippen LogP contribution in [-0.4, -0.2) is 47.6 Å². The fraction of sp³-hybridized carbons (Fsp3) is 0.310. The van der Waals surface area contributed by atoms with Crippen molar-refractivity contribution in [1.29, 1.82) is 0 Å². The summed E-state index contributed by atoms with van der Waals surface area (Å²) in [6.45, 7) is 2.46. The Morgan fingerprint density at radius 2 is 1.54 bits per heavy atom. The molecule has 0 radical (unpaired) electrons. The van der Waals surface area contributed by atoms with Gasteiger partial charge in [0.15, 0.2) is 9.84 Å². The topological polar surface area (TPSA) is 81.5 Å². The van der Waals surface area contributed by atoms with E-state index in [0.29, 0.717) is 25.6 Å². The number of ether oxygens (including phenoxy) is 1. The Morgan fingerprint density at radius 3 is 2.27 bits per heavy atom. The number of carbonyl (C=O) groups excluding carboxylic acids is 1. The number of imidazole rings is 1. The van der Waals surface area contributed by atoms with Gasteiger partial charge in [-0.1, -0.05) is 48.5 Å². The van der Waals surface area contributed by atoms with Gasteiger partial charge in [-0.2, -0.15) is 0 Å². The number of likely N-dealkylation sites (tertiary alicyclic amines) is 1. The lowest BCUT2D eigenvalue weighted by molar-refractivity contribution is -0.132. The molecular weight excluding hydrogens is 486 g/mol. The highest BCUT2D eigenvalue weighted by molar-refractivity contribution is 7.91. The number of sulfone groups is 1. The molecule has 0 atom stereocenters. The molecule has 5 rings (SSSR count). The Bertz CT molecular complexity index is 1440. The standard InChI is InChI=1S/C29H31N3O4S/c33-29(17-20-37(34,35)25-11-5-2-6-12-25)31-18-15-23(16-19-31)21-32-27-14-8-7-13-26(27)30-28(32)22-36-24-9-3-1-4-10-24/h1-14,23H,15-22H2. The number of rotatable bonds is 9. The van der Waals surface area contributed by atoms with E-state index >= 15 is 0 Å². The number of para-hydroxylation sites is 3. The number of aromatic nitrogens is 2. The van der Waals surface area contributed by atoms with Crippen molar-refractivity contribution < 1.29 is 17.9 Å². The number of piperidine rings is 1. The van der Waals surface area contributed by atoms with E-state index in [-0.39, 0.29) is 23.0 Å². The van der Waals surface area contributed by atoms with Gasteiger partial charge in [0.25, 0.3) is 0 Å². The highest BCUT2D eigenvalue weighted by Gasteiger charge is 2.26. The summed E-state index contributed by atoms with van der Waals surface area (Å²) < 4.78 is 33.3. The van der Waals surface area contributed by atoms with E-state index in [4.69, 9.17) is 9.72 Å². The van der Waals surface area contributed by atoms with Gasteiger partial charge in [-0.15, -0.1) is 0 Å². The normalized spacial score (nSPS) is 14.6. The minimum atomic E-state index is -3.46. The average molecular weight is 518 g/mol. The van der Waals surface area contributed by atoms with Crippen molar-refractivity contribution in [3.8, 4) is 5.75 Å². The van der Waals surface area contributed by atoms with Gasteiger partial charge in [0, 0.05) is 26.1 Å². The molecule has 1 aliphatic heterocycles. The van der Waals surface area contributed by atoms with Crippen LogP contribution >= 0.6 is 0 Å². The van der Waals surface area contributed by atoms with Crippen molar-refractivity contribution in [1.82, 2.24) is 14.5 Å². The minimum absolute atomic E-state index is 0.00895. The Balaban J connectivity index is 1.19. The number of benzene rings is 3. The number of nitrogens with zero attached hydrogens (tertiary/aromatic N) is 3. The summed E-state index contributed by atoms with van der Waals surface area (Å²) in [6, 6.07) is 26.2. The van der Waals surface area contributed by atoms with Gasteiger partial charge >= 0.3 is 0 Å². The molecule has 2 heterocycles. The molecule has 37 heavy (non-hydrogen) atoms. The number of fused-ring (bicyclic) bond motifs is 1. The average Bonchev–Trinajstić information content (AvgIpc) is 3.29. The van der Waals surface area contributed by atoms with Crippen LogP contribution in [0.1, 0.15) is 25.1 Å². The minimum Gasteiger partial charge on any atom is -0.486 e. The molecule has 1 saturated heterocycles. The fourth-order valence-corrected chi connectivity index (χ4v) is 6.10. The van der Waals surface area contributed by atoms with Gasteiger partial charge in [0.05, 0.1) is 21.7 Å². The van der Waals surface area contributed by atoms with Crippen LogP contribution in [0.25, 0.3) is 11.0 Å². The summed E-state index contributed by atoms with van der Waals surface area (Å²) >= 11 is 0. The van der Waals surface area contributed by atoms with Crippen LogP contribution in [0, 0.1) is 5.92 Å². The van der Waals surface area contributed by atoms with Crippen LogP contribution < -0.4 is 4.74 Å². The lowest BCUT2D eigenvalue weighted by Crippen LogP contribution is -2.40. The van der Waals surface area contributed by atoms with Gasteiger partial charge in [0.2, 0.25) is 5.91 Å². The maximum atomic E-state index is 12.8. The maximum Gasteiger partial charge on any atom is 0.223 e. The molecule has 8 heteroatoms. The number of hydrogen-bond donors (Lipinski definition) is 0. The first-order valence-corrected chi connectivity index (χ1v) is 14.3. The fourth-order valence-electron chi connectivity index (χ4n) is 4.85. The molecule has 3 aromatic carbocycles. The first-order valence-electron chi connectivity index (χ1n) is 12.7. The third-order valence-electron chi connectivity index (χ3n) is 6.94. The van der Waals surface area contributed by atoms with Crippen LogP contribution in [0.2, 0.25) is 0 Å².